The fourth-order valence-electron chi connectivity index (χ4n) is 3.15. The minimum atomic E-state index is -0.241. The first-order chi connectivity index (χ1) is 12.1. The monoisotopic (exact) mass is 345 g/mol. The maximum Gasteiger partial charge on any atom is 0.319 e. The molecule has 1 fully saturated rings. The van der Waals surface area contributed by atoms with Gasteiger partial charge in [0.25, 0.3) is 0 Å². The molecule has 6 heteroatoms. The summed E-state index contributed by atoms with van der Waals surface area (Å²) in [6.45, 7) is 4.87. The summed E-state index contributed by atoms with van der Waals surface area (Å²) in [4.78, 5) is 16.7. The summed E-state index contributed by atoms with van der Waals surface area (Å²) in [5.41, 5.74) is 2.17. The van der Waals surface area contributed by atoms with Crippen molar-refractivity contribution in [2.24, 2.45) is 5.41 Å². The number of rotatable bonds is 8. The third-order valence-corrected chi connectivity index (χ3v) is 5.35. The van der Waals surface area contributed by atoms with E-state index in [2.05, 4.69) is 29.5 Å². The highest BCUT2D eigenvalue weighted by Gasteiger charge is 2.29. The van der Waals surface area contributed by atoms with Crippen LogP contribution in [0.15, 0.2) is 22.6 Å². The van der Waals surface area contributed by atoms with Crippen molar-refractivity contribution in [2.75, 3.05) is 18.5 Å². The summed E-state index contributed by atoms with van der Waals surface area (Å²) < 4.78 is 5.74. The highest BCUT2D eigenvalue weighted by Crippen LogP contribution is 2.40. The smallest absolute Gasteiger partial charge is 0.319 e. The van der Waals surface area contributed by atoms with Gasteiger partial charge in [-0.3, -0.25) is 0 Å². The Hall–Kier alpha value is -2.08. The number of nitrogens with zero attached hydrogens (tertiary/aromatic N) is 1. The lowest BCUT2D eigenvalue weighted by atomic mass is 9.79. The Kier molecular flexibility index (Phi) is 5.27. The Morgan fingerprint density at radius 1 is 1.36 bits per heavy atom. The van der Waals surface area contributed by atoms with Gasteiger partial charge in [0.1, 0.15) is 5.52 Å². The molecule has 0 atom stereocenters. The number of benzene rings is 1. The molecule has 0 spiro atoms. The van der Waals surface area contributed by atoms with E-state index >= 15 is 0 Å². The zero-order chi connectivity index (χ0) is 17.9. The van der Waals surface area contributed by atoms with Crippen molar-refractivity contribution in [3.05, 3.63) is 24.1 Å². The maximum atomic E-state index is 12.2. The van der Waals surface area contributed by atoms with E-state index in [1.165, 1.54) is 0 Å². The number of oxazole rings is 1. The van der Waals surface area contributed by atoms with E-state index in [0.717, 1.165) is 42.7 Å². The average Bonchev–Trinajstić information content (AvgIpc) is 3.38. The first-order valence-corrected chi connectivity index (χ1v) is 9.15. The molecular formula is C19H27N3O3. The standard InChI is InChI=1S/C19H27N3O3/c1-3-19(4-2,9-10-23)12-20-18(24)21-14-7-8-16-15(11-14)22-17(25-16)13-5-6-13/h7-8,11,13,23H,3-6,9-10,12H2,1-2H3,(H2,20,21,24). The number of nitrogens with one attached hydrogen (secondary N) is 2. The van der Waals surface area contributed by atoms with Crippen molar-refractivity contribution in [3.63, 3.8) is 0 Å². The number of hydrogen-bond donors (Lipinski definition) is 3. The lowest BCUT2D eigenvalue weighted by molar-refractivity contribution is 0.165. The van der Waals surface area contributed by atoms with Gasteiger partial charge in [-0.15, -0.1) is 0 Å². The lowest BCUT2D eigenvalue weighted by Crippen LogP contribution is -2.39. The molecule has 1 aliphatic rings. The van der Waals surface area contributed by atoms with Gasteiger partial charge in [-0.2, -0.15) is 0 Å². The van der Waals surface area contributed by atoms with Crippen LogP contribution in [0.4, 0.5) is 10.5 Å². The van der Waals surface area contributed by atoms with E-state index in [9.17, 15) is 9.90 Å². The maximum absolute atomic E-state index is 12.2. The Morgan fingerprint density at radius 2 is 2.12 bits per heavy atom. The van der Waals surface area contributed by atoms with Crippen molar-refractivity contribution in [2.45, 2.75) is 51.9 Å². The summed E-state index contributed by atoms with van der Waals surface area (Å²) >= 11 is 0. The van der Waals surface area contributed by atoms with Crippen molar-refractivity contribution < 1.29 is 14.3 Å². The lowest BCUT2D eigenvalue weighted by Gasteiger charge is -2.31. The summed E-state index contributed by atoms with van der Waals surface area (Å²) in [5, 5.41) is 15.1. The number of amides is 2. The van der Waals surface area contributed by atoms with Crippen LogP contribution in [0.2, 0.25) is 0 Å². The quantitative estimate of drug-likeness (QED) is 0.674. The molecule has 1 aliphatic carbocycles. The van der Waals surface area contributed by atoms with Crippen LogP contribution < -0.4 is 10.6 Å². The summed E-state index contributed by atoms with van der Waals surface area (Å²) in [6.07, 6.45) is 4.81. The van der Waals surface area contributed by atoms with Crippen LogP contribution in [0, 0.1) is 5.41 Å². The Bertz CT molecular complexity index is 733. The molecule has 3 rings (SSSR count). The largest absolute Gasteiger partial charge is 0.440 e. The van der Waals surface area contributed by atoms with Crippen molar-refractivity contribution in [3.8, 4) is 0 Å². The number of aliphatic hydroxyl groups excluding tert-OH is 1. The van der Waals surface area contributed by atoms with Gasteiger partial charge in [-0.25, -0.2) is 9.78 Å². The molecule has 1 saturated carbocycles. The molecule has 1 heterocycles. The molecule has 1 aromatic carbocycles. The van der Waals surface area contributed by atoms with Crippen LogP contribution >= 0.6 is 0 Å². The van der Waals surface area contributed by atoms with Crippen LogP contribution in [-0.2, 0) is 0 Å². The number of urea groups is 1. The van der Waals surface area contributed by atoms with Crippen molar-refractivity contribution >= 4 is 22.8 Å². The molecule has 0 aliphatic heterocycles. The number of aliphatic hydroxyl groups is 1. The average molecular weight is 345 g/mol. The number of carbonyl (C=O) groups excluding carboxylic acids is 1. The van der Waals surface area contributed by atoms with E-state index in [1.807, 2.05) is 18.2 Å². The first kappa shape index (κ1) is 17.7. The minimum absolute atomic E-state index is 0.0542. The highest BCUT2D eigenvalue weighted by molar-refractivity contribution is 5.91. The molecule has 2 aromatic rings. The third kappa shape index (κ3) is 4.12. The number of hydrogen-bond acceptors (Lipinski definition) is 4. The van der Waals surface area contributed by atoms with Gasteiger partial charge in [-0.05, 0) is 55.7 Å². The molecule has 0 radical (unpaired) electrons. The molecule has 2 amide bonds. The molecule has 1 aromatic heterocycles. The van der Waals surface area contributed by atoms with Gasteiger partial charge >= 0.3 is 6.03 Å². The Morgan fingerprint density at radius 3 is 2.76 bits per heavy atom. The van der Waals surface area contributed by atoms with Gasteiger partial charge in [0.15, 0.2) is 11.5 Å². The second kappa shape index (κ2) is 7.44. The predicted molar refractivity (Wildman–Crippen MR) is 97.7 cm³/mol. The van der Waals surface area contributed by atoms with E-state index in [0.29, 0.717) is 24.6 Å². The predicted octanol–water partition coefficient (Wildman–Crippen LogP) is 4.02. The first-order valence-electron chi connectivity index (χ1n) is 9.15. The zero-order valence-corrected chi connectivity index (χ0v) is 15.0. The molecule has 25 heavy (non-hydrogen) atoms. The minimum Gasteiger partial charge on any atom is -0.440 e. The molecule has 0 unspecified atom stereocenters. The van der Waals surface area contributed by atoms with E-state index in [4.69, 9.17) is 4.42 Å². The number of anilines is 1. The van der Waals surface area contributed by atoms with Crippen LogP contribution in [-0.4, -0.2) is 29.3 Å². The Labute approximate surface area is 148 Å². The molecule has 0 bridgehead atoms. The van der Waals surface area contributed by atoms with Gasteiger partial charge < -0.3 is 20.2 Å². The van der Waals surface area contributed by atoms with E-state index in [1.54, 1.807) is 0 Å². The topological polar surface area (TPSA) is 87.4 Å². The van der Waals surface area contributed by atoms with Gasteiger partial charge in [0.2, 0.25) is 0 Å². The normalized spacial score (nSPS) is 14.7. The second-order valence-corrected chi connectivity index (χ2v) is 7.00. The van der Waals surface area contributed by atoms with Gasteiger partial charge in [0.05, 0.1) is 0 Å². The summed E-state index contributed by atoms with van der Waals surface area (Å²) in [6, 6.07) is 5.27. The van der Waals surface area contributed by atoms with Gasteiger partial charge in [0, 0.05) is 24.8 Å². The third-order valence-electron chi connectivity index (χ3n) is 5.35. The van der Waals surface area contributed by atoms with E-state index < -0.39 is 0 Å². The van der Waals surface area contributed by atoms with Gasteiger partial charge in [-0.1, -0.05) is 13.8 Å². The summed E-state index contributed by atoms with van der Waals surface area (Å²) in [5.74, 6) is 1.27. The molecule has 136 valence electrons. The van der Waals surface area contributed by atoms with Crippen molar-refractivity contribution in [1.29, 1.82) is 0 Å². The highest BCUT2D eigenvalue weighted by atomic mass is 16.3. The summed E-state index contributed by atoms with van der Waals surface area (Å²) in [7, 11) is 0. The molecular weight excluding hydrogens is 318 g/mol. The van der Waals surface area contributed by atoms with E-state index in [-0.39, 0.29) is 18.1 Å². The number of aromatic nitrogens is 1. The molecule has 6 nitrogen and oxygen atoms in total. The number of fused-ring (bicyclic) bond motifs is 1. The molecule has 3 N–H and O–H groups in total. The van der Waals surface area contributed by atoms with Crippen LogP contribution in [0.1, 0.15) is 57.8 Å². The van der Waals surface area contributed by atoms with Crippen LogP contribution in [0.3, 0.4) is 0 Å². The fraction of sp³-hybridized carbons (Fsp3) is 0.579. The number of carbonyl (C=O) groups is 1. The Balaban J connectivity index is 1.61. The van der Waals surface area contributed by atoms with Crippen LogP contribution in [0.5, 0.6) is 0 Å². The van der Waals surface area contributed by atoms with Crippen LogP contribution in [0.25, 0.3) is 11.1 Å². The molecule has 0 saturated heterocycles. The fourth-order valence-corrected chi connectivity index (χ4v) is 3.15. The second-order valence-electron chi connectivity index (χ2n) is 7.00. The SMILES string of the molecule is CCC(CC)(CCO)CNC(=O)Nc1ccc2oc(C3CC3)nc2c1. The van der Waals surface area contributed by atoms with Crippen molar-refractivity contribution in [1.82, 2.24) is 10.3 Å². The zero-order valence-electron chi connectivity index (χ0n) is 15.0.